The van der Waals surface area contributed by atoms with Crippen molar-refractivity contribution in [3.05, 3.63) is 63.8 Å². The van der Waals surface area contributed by atoms with Gasteiger partial charge in [-0.05, 0) is 17.7 Å². The van der Waals surface area contributed by atoms with Crippen molar-refractivity contribution in [3.8, 4) is 5.75 Å². The van der Waals surface area contributed by atoms with Crippen molar-refractivity contribution in [3.63, 3.8) is 0 Å². The maximum atomic E-state index is 12.4. The zero-order valence-electron chi connectivity index (χ0n) is 15.9. The van der Waals surface area contributed by atoms with E-state index in [9.17, 15) is 38.6 Å². The molecule has 150 valence electrons. The summed E-state index contributed by atoms with van der Waals surface area (Å²) in [4.78, 5) is 54.4. The molecule has 0 fully saturated rings. The van der Waals surface area contributed by atoms with Crippen LogP contribution in [0.2, 0.25) is 0 Å². The van der Waals surface area contributed by atoms with Gasteiger partial charge in [-0.25, -0.2) is 4.68 Å². The van der Waals surface area contributed by atoms with Crippen LogP contribution < -0.4 is 79.2 Å². The van der Waals surface area contributed by atoms with Gasteiger partial charge in [-0.1, -0.05) is 41.7 Å². The van der Waals surface area contributed by atoms with Gasteiger partial charge in [0.25, 0.3) is 0 Å². The topological polar surface area (TPSA) is 175 Å². The van der Waals surface area contributed by atoms with E-state index in [2.05, 4.69) is 5.43 Å². The van der Waals surface area contributed by atoms with Crippen LogP contribution in [0.4, 0.5) is 0 Å². The van der Waals surface area contributed by atoms with Crippen molar-refractivity contribution in [1.82, 2.24) is 4.68 Å². The summed E-state index contributed by atoms with van der Waals surface area (Å²) in [5, 5.41) is 7.02. The van der Waals surface area contributed by atoms with Crippen LogP contribution in [0.1, 0.15) is 11.6 Å². The number of thiazole rings is 1. The fraction of sp³-hybridized carbons (Fsp3) is 0.133. The van der Waals surface area contributed by atoms with Crippen molar-refractivity contribution in [2.24, 2.45) is 0 Å². The first-order valence-electron chi connectivity index (χ1n) is 7.71. The number of aromatic nitrogens is 1. The molecule has 0 amide bonds. The summed E-state index contributed by atoms with van der Waals surface area (Å²) >= 11 is 0.766. The van der Waals surface area contributed by atoms with Gasteiger partial charge in [-0.15, -0.1) is 0 Å². The Bertz CT molecular complexity index is 1140. The average Bonchev–Trinajstić information content (AvgIpc) is 2.88. The van der Waals surface area contributed by atoms with Gasteiger partial charge in [-0.3, -0.25) is 4.79 Å². The van der Waals surface area contributed by atoms with Crippen molar-refractivity contribution >= 4 is 36.7 Å². The molecular formula is C15H14N2Na2O8P2S. The van der Waals surface area contributed by atoms with Gasteiger partial charge >= 0.3 is 64.0 Å². The van der Waals surface area contributed by atoms with Gasteiger partial charge in [0.1, 0.15) is 26.3 Å². The summed E-state index contributed by atoms with van der Waals surface area (Å²) in [6, 6.07) is 9.61. The number of nitrogens with one attached hydrogen (secondary N) is 1. The normalized spacial score (nSPS) is 16.9. The average molecular weight is 490 g/mol. The monoisotopic (exact) mass is 490 g/mol. The van der Waals surface area contributed by atoms with E-state index in [4.69, 9.17) is 0 Å². The van der Waals surface area contributed by atoms with Crippen LogP contribution in [0.15, 0.2) is 53.3 Å². The van der Waals surface area contributed by atoms with E-state index in [-0.39, 0.29) is 75.9 Å². The second-order valence-electron chi connectivity index (χ2n) is 5.91. The SMILES string of the molecule is O=c1sc2ccc(O)cc2n1NC(c1ccccc1)C(P(=O)([O-])O)P(=O)([O-])O.[Na+].[Na+]. The molecule has 0 saturated carbocycles. The van der Waals surface area contributed by atoms with Crippen molar-refractivity contribution in [2.45, 2.75) is 11.4 Å². The minimum atomic E-state index is -5.62. The molecule has 3 aromatic rings. The first-order chi connectivity index (χ1) is 13.0. The number of fused-ring (bicyclic) bond motifs is 1. The number of nitrogens with zero attached hydrogens (tertiary/aromatic N) is 1. The smallest absolute Gasteiger partial charge is 0.778 e. The van der Waals surface area contributed by atoms with E-state index >= 15 is 0 Å². The van der Waals surface area contributed by atoms with Crippen LogP contribution in [0.5, 0.6) is 5.75 Å². The van der Waals surface area contributed by atoms with Crippen LogP contribution in [-0.2, 0) is 9.13 Å². The number of benzene rings is 2. The van der Waals surface area contributed by atoms with E-state index in [0.29, 0.717) is 4.70 Å². The first kappa shape index (κ1) is 28.1. The number of aromatic hydroxyl groups is 1. The van der Waals surface area contributed by atoms with E-state index < -0.39 is 31.5 Å². The van der Waals surface area contributed by atoms with Crippen molar-refractivity contribution in [1.29, 1.82) is 0 Å². The molecule has 0 aliphatic rings. The molecule has 0 radical (unpaired) electrons. The third-order valence-corrected chi connectivity index (χ3v) is 8.56. The number of phenols is 1. The largest absolute Gasteiger partial charge is 1.00 e. The first-order valence-corrected chi connectivity index (χ1v) is 11.8. The zero-order valence-corrected chi connectivity index (χ0v) is 22.5. The van der Waals surface area contributed by atoms with Gasteiger partial charge in [0.15, 0.2) is 0 Å². The number of rotatable bonds is 6. The summed E-state index contributed by atoms with van der Waals surface area (Å²) in [6.45, 7) is 0. The van der Waals surface area contributed by atoms with Crippen LogP contribution in [0, 0.1) is 0 Å². The van der Waals surface area contributed by atoms with Crippen molar-refractivity contribution < 1.29 is 92.9 Å². The fourth-order valence-electron chi connectivity index (χ4n) is 2.80. The Labute approximate surface area is 218 Å². The standard InChI is InChI=1S/C15H16N2O8P2S.2Na/c18-10-6-7-12-11(8-10)17(15(19)28-12)16-13(9-4-2-1-3-5-9)14(26(20,21)22)27(23,24)25;;/h1-8,13-14,16,18H,(H2,20,21,22)(H2,23,24,25);;/q;2*+1/p-2. The summed E-state index contributed by atoms with van der Waals surface area (Å²) < 4.78 is 24.9. The predicted molar refractivity (Wildman–Crippen MR) is 99.7 cm³/mol. The van der Waals surface area contributed by atoms with Gasteiger partial charge in [-0.2, -0.15) is 0 Å². The third-order valence-electron chi connectivity index (χ3n) is 3.96. The second-order valence-corrected chi connectivity index (χ2v) is 10.7. The molecule has 1 heterocycles. The van der Waals surface area contributed by atoms with E-state index in [1.165, 1.54) is 42.5 Å². The van der Waals surface area contributed by atoms with Crippen LogP contribution in [0.25, 0.3) is 10.2 Å². The van der Waals surface area contributed by atoms with Gasteiger partial charge in [0, 0.05) is 6.07 Å². The molecule has 15 heteroatoms. The van der Waals surface area contributed by atoms with Crippen LogP contribution >= 0.6 is 26.5 Å². The Kier molecular flexibility index (Phi) is 10.1. The molecule has 2 aromatic carbocycles. The molecule has 3 unspecified atom stereocenters. The van der Waals surface area contributed by atoms with Crippen LogP contribution in [-0.4, -0.2) is 25.0 Å². The Morgan fingerprint density at radius 3 is 2.10 bits per heavy atom. The van der Waals surface area contributed by atoms with Gasteiger partial charge in [0.05, 0.1) is 16.3 Å². The molecule has 0 saturated heterocycles. The van der Waals surface area contributed by atoms with Gasteiger partial charge < -0.3 is 39.2 Å². The molecule has 0 spiro atoms. The maximum Gasteiger partial charge on any atom is 1.00 e. The molecule has 3 rings (SSSR count). The maximum absolute atomic E-state index is 12.4. The molecule has 10 nitrogen and oxygen atoms in total. The molecule has 0 aliphatic carbocycles. The molecule has 3 atom stereocenters. The molecule has 0 aliphatic heterocycles. The minimum Gasteiger partial charge on any atom is -0.778 e. The molecule has 30 heavy (non-hydrogen) atoms. The third kappa shape index (κ3) is 6.30. The number of hydrogen-bond donors (Lipinski definition) is 4. The fourth-order valence-corrected chi connectivity index (χ4v) is 6.33. The molecule has 4 N–H and O–H groups in total. The van der Waals surface area contributed by atoms with E-state index in [1.54, 1.807) is 6.07 Å². The Morgan fingerprint density at radius 1 is 1.00 bits per heavy atom. The minimum absolute atomic E-state index is 0. The van der Waals surface area contributed by atoms with Gasteiger partial charge in [0.2, 0.25) is 0 Å². The Hall–Kier alpha value is 0.0300. The summed E-state index contributed by atoms with van der Waals surface area (Å²) in [7, 11) is -11.2. The van der Waals surface area contributed by atoms with E-state index in [1.807, 2.05) is 0 Å². The van der Waals surface area contributed by atoms with E-state index in [0.717, 1.165) is 16.0 Å². The molecule has 1 aromatic heterocycles. The predicted octanol–water partition coefficient (Wildman–Crippen LogP) is -5.52. The van der Waals surface area contributed by atoms with Crippen molar-refractivity contribution in [2.75, 3.05) is 5.43 Å². The number of phenolic OH excluding ortho intramolecular Hbond substituents is 1. The molecule has 0 bridgehead atoms. The van der Waals surface area contributed by atoms with Crippen LogP contribution in [0.3, 0.4) is 0 Å². The Morgan fingerprint density at radius 2 is 1.57 bits per heavy atom. The summed E-state index contributed by atoms with van der Waals surface area (Å²) in [5.74, 6) is -0.179. The summed E-state index contributed by atoms with van der Waals surface area (Å²) in [5.41, 5.74) is 2.70. The Balaban J connectivity index is 0.00000225. The molecular weight excluding hydrogens is 476 g/mol. The number of hydrogen-bond acceptors (Lipinski definition) is 8. The summed E-state index contributed by atoms with van der Waals surface area (Å²) in [6.07, 6.45) is 0. The zero-order chi connectivity index (χ0) is 20.7. The quantitative estimate of drug-likeness (QED) is 0.194. The second kappa shape index (κ2) is 10.8.